The van der Waals surface area contributed by atoms with Crippen LogP contribution in [0.3, 0.4) is 0 Å². The summed E-state index contributed by atoms with van der Waals surface area (Å²) in [5.74, 6) is 0.457. The fourth-order valence-electron chi connectivity index (χ4n) is 0.812. The van der Waals surface area contributed by atoms with Crippen molar-refractivity contribution in [1.82, 2.24) is 24.7 Å². The average Bonchev–Trinajstić information content (AvgIpc) is 2.47. The van der Waals surface area contributed by atoms with Gasteiger partial charge in [-0.15, -0.1) is 5.10 Å². The number of hydrogen-bond donors (Lipinski definition) is 0. The standard InChI is InChI=1S/C6H2Br3N5/c7-3-1-10-6(11-2-3)14-5(9)12-4(8)13-14/h1-2H. The first kappa shape index (κ1) is 10.2. The van der Waals surface area contributed by atoms with E-state index in [9.17, 15) is 0 Å². The quantitative estimate of drug-likeness (QED) is 0.758. The van der Waals surface area contributed by atoms with Crippen LogP contribution < -0.4 is 0 Å². The molecule has 0 saturated carbocycles. The maximum absolute atomic E-state index is 4.07. The van der Waals surface area contributed by atoms with Crippen LogP contribution in [0.4, 0.5) is 0 Å². The molecule has 0 aliphatic rings. The summed E-state index contributed by atoms with van der Waals surface area (Å²) in [6.45, 7) is 0. The van der Waals surface area contributed by atoms with Crippen molar-refractivity contribution in [2.45, 2.75) is 0 Å². The molecule has 0 bridgehead atoms. The van der Waals surface area contributed by atoms with Crippen molar-refractivity contribution in [3.63, 3.8) is 0 Å². The van der Waals surface area contributed by atoms with E-state index >= 15 is 0 Å². The minimum absolute atomic E-state index is 0.457. The summed E-state index contributed by atoms with van der Waals surface area (Å²) in [7, 11) is 0. The molecule has 2 aromatic rings. The van der Waals surface area contributed by atoms with Gasteiger partial charge in [0.15, 0.2) is 0 Å². The fourth-order valence-corrected chi connectivity index (χ4v) is 1.99. The van der Waals surface area contributed by atoms with Gasteiger partial charge in [0, 0.05) is 12.4 Å². The minimum atomic E-state index is 0.457. The van der Waals surface area contributed by atoms with Gasteiger partial charge in [-0.25, -0.2) is 9.97 Å². The Morgan fingerprint density at radius 1 is 1.07 bits per heavy atom. The summed E-state index contributed by atoms with van der Waals surface area (Å²) in [5.41, 5.74) is 0. The molecule has 0 atom stereocenters. The van der Waals surface area contributed by atoms with E-state index in [1.165, 1.54) is 4.68 Å². The van der Waals surface area contributed by atoms with Gasteiger partial charge in [-0.2, -0.15) is 9.67 Å². The van der Waals surface area contributed by atoms with Crippen molar-refractivity contribution in [3.05, 3.63) is 26.3 Å². The van der Waals surface area contributed by atoms with Crippen molar-refractivity contribution in [2.24, 2.45) is 0 Å². The van der Waals surface area contributed by atoms with Crippen LogP contribution in [-0.4, -0.2) is 24.7 Å². The summed E-state index contributed by atoms with van der Waals surface area (Å²) in [6.07, 6.45) is 3.29. The van der Waals surface area contributed by atoms with E-state index < -0.39 is 0 Å². The highest BCUT2D eigenvalue weighted by Gasteiger charge is 2.08. The molecule has 0 radical (unpaired) electrons. The molecular weight excluding hydrogens is 382 g/mol. The van der Waals surface area contributed by atoms with Gasteiger partial charge in [-0.1, -0.05) is 0 Å². The molecule has 8 heteroatoms. The van der Waals surface area contributed by atoms with Crippen LogP contribution in [0.1, 0.15) is 0 Å². The number of nitrogens with zero attached hydrogens (tertiary/aromatic N) is 5. The van der Waals surface area contributed by atoms with Crippen molar-refractivity contribution >= 4 is 47.8 Å². The summed E-state index contributed by atoms with van der Waals surface area (Å²) >= 11 is 9.65. The van der Waals surface area contributed by atoms with E-state index in [1.54, 1.807) is 12.4 Å². The molecule has 72 valence electrons. The molecule has 0 unspecified atom stereocenters. The van der Waals surface area contributed by atoms with Crippen LogP contribution in [0, 0.1) is 0 Å². The van der Waals surface area contributed by atoms with Crippen LogP contribution in [0.2, 0.25) is 0 Å². The maximum atomic E-state index is 4.07. The molecule has 5 nitrogen and oxygen atoms in total. The SMILES string of the molecule is Brc1cnc(-n2nc(Br)nc2Br)nc1. The molecule has 2 rings (SSSR count). The lowest BCUT2D eigenvalue weighted by molar-refractivity contribution is 0.782. The van der Waals surface area contributed by atoms with Crippen LogP contribution in [0.25, 0.3) is 5.95 Å². The fraction of sp³-hybridized carbons (Fsp3) is 0. The Bertz CT molecular complexity index is 451. The lowest BCUT2D eigenvalue weighted by atomic mass is 10.7. The zero-order valence-corrected chi connectivity index (χ0v) is 11.3. The van der Waals surface area contributed by atoms with Crippen LogP contribution >= 0.6 is 47.8 Å². The molecule has 0 fully saturated rings. The molecular formula is C6H2Br3N5. The van der Waals surface area contributed by atoms with Gasteiger partial charge < -0.3 is 0 Å². The third kappa shape index (κ3) is 2.01. The van der Waals surface area contributed by atoms with Gasteiger partial charge in [0.25, 0.3) is 5.95 Å². The Morgan fingerprint density at radius 2 is 1.71 bits per heavy atom. The van der Waals surface area contributed by atoms with Crippen molar-refractivity contribution in [1.29, 1.82) is 0 Å². The Balaban J connectivity index is 2.49. The van der Waals surface area contributed by atoms with Gasteiger partial charge in [0.05, 0.1) is 4.47 Å². The Kier molecular flexibility index (Phi) is 2.93. The monoisotopic (exact) mass is 381 g/mol. The molecule has 0 aromatic carbocycles. The summed E-state index contributed by atoms with van der Waals surface area (Å²) in [5, 5.41) is 4.05. The first-order chi connectivity index (χ1) is 6.66. The van der Waals surface area contributed by atoms with E-state index in [0.717, 1.165) is 4.47 Å². The zero-order valence-electron chi connectivity index (χ0n) is 6.52. The van der Waals surface area contributed by atoms with Gasteiger partial charge in [0.2, 0.25) is 9.47 Å². The molecule has 0 amide bonds. The van der Waals surface area contributed by atoms with Gasteiger partial charge in [-0.05, 0) is 47.8 Å². The molecule has 0 aliphatic carbocycles. The van der Waals surface area contributed by atoms with Crippen LogP contribution in [0.15, 0.2) is 26.3 Å². The predicted molar refractivity (Wildman–Crippen MR) is 60.0 cm³/mol. The van der Waals surface area contributed by atoms with Crippen LogP contribution in [0.5, 0.6) is 0 Å². The molecule has 0 N–H and O–H groups in total. The molecule has 0 saturated heterocycles. The maximum Gasteiger partial charge on any atom is 0.253 e. The predicted octanol–water partition coefficient (Wildman–Crippen LogP) is 2.34. The Labute approximate surface area is 104 Å². The van der Waals surface area contributed by atoms with E-state index in [2.05, 4.69) is 67.8 Å². The lowest BCUT2D eigenvalue weighted by Gasteiger charge is -1.98. The second-order valence-corrected chi connectivity index (χ2v) is 4.60. The topological polar surface area (TPSA) is 56.5 Å². The molecule has 2 aromatic heterocycles. The van der Waals surface area contributed by atoms with Crippen molar-refractivity contribution in [3.8, 4) is 5.95 Å². The molecule has 0 spiro atoms. The Hall–Kier alpha value is -0.340. The van der Waals surface area contributed by atoms with Gasteiger partial charge in [-0.3, -0.25) is 0 Å². The van der Waals surface area contributed by atoms with Gasteiger partial charge in [0.1, 0.15) is 0 Å². The third-order valence-corrected chi connectivity index (χ3v) is 2.60. The van der Waals surface area contributed by atoms with Gasteiger partial charge >= 0.3 is 0 Å². The third-order valence-electron chi connectivity index (χ3n) is 1.34. The summed E-state index contributed by atoms with van der Waals surface area (Å²) in [6, 6.07) is 0. The highest BCUT2D eigenvalue weighted by molar-refractivity contribution is 9.11. The van der Waals surface area contributed by atoms with Crippen molar-refractivity contribution in [2.75, 3.05) is 0 Å². The smallest absolute Gasteiger partial charge is 0.218 e. The minimum Gasteiger partial charge on any atom is -0.218 e. The largest absolute Gasteiger partial charge is 0.253 e. The highest BCUT2D eigenvalue weighted by atomic mass is 79.9. The van der Waals surface area contributed by atoms with E-state index in [-0.39, 0.29) is 0 Å². The second kappa shape index (κ2) is 4.03. The number of hydrogen-bond acceptors (Lipinski definition) is 4. The van der Waals surface area contributed by atoms with Crippen molar-refractivity contribution < 1.29 is 0 Å². The first-order valence-electron chi connectivity index (χ1n) is 3.43. The number of aromatic nitrogens is 5. The first-order valence-corrected chi connectivity index (χ1v) is 5.80. The average molecular weight is 384 g/mol. The van der Waals surface area contributed by atoms with E-state index in [4.69, 9.17) is 0 Å². The van der Waals surface area contributed by atoms with Crippen LogP contribution in [-0.2, 0) is 0 Å². The Morgan fingerprint density at radius 3 is 2.21 bits per heavy atom. The molecule has 0 aliphatic heterocycles. The van der Waals surface area contributed by atoms with E-state index in [0.29, 0.717) is 15.4 Å². The normalized spacial score (nSPS) is 10.5. The summed E-state index contributed by atoms with van der Waals surface area (Å²) in [4.78, 5) is 12.2. The molecule has 14 heavy (non-hydrogen) atoms. The summed E-state index contributed by atoms with van der Waals surface area (Å²) < 4.78 is 3.33. The highest BCUT2D eigenvalue weighted by Crippen LogP contribution is 2.15. The number of rotatable bonds is 1. The second-order valence-electron chi connectivity index (χ2n) is 2.26. The molecule has 2 heterocycles. The van der Waals surface area contributed by atoms with E-state index in [1.807, 2.05) is 0 Å². The number of halogens is 3. The lowest BCUT2D eigenvalue weighted by Crippen LogP contribution is -2.02. The zero-order chi connectivity index (χ0) is 10.1.